The minimum atomic E-state index is -0.313. The first kappa shape index (κ1) is 13.0. The molecule has 1 aromatic heterocycles. The largest absolute Gasteiger partial charge is 0.352 e. The van der Waals surface area contributed by atoms with E-state index in [1.807, 2.05) is 7.05 Å². The summed E-state index contributed by atoms with van der Waals surface area (Å²) in [5, 5.41) is 9.56. The molecule has 0 aromatic carbocycles. The Hall–Kier alpha value is -1.43. The predicted octanol–water partition coefficient (Wildman–Crippen LogP) is 0.894. The van der Waals surface area contributed by atoms with E-state index in [4.69, 9.17) is 4.52 Å². The molecular formula is C12H20N4O2. The highest BCUT2D eigenvalue weighted by atomic mass is 16.5. The van der Waals surface area contributed by atoms with Crippen LogP contribution in [0.25, 0.3) is 0 Å². The summed E-state index contributed by atoms with van der Waals surface area (Å²) in [5.74, 6) is 0.326. The smallest absolute Gasteiger partial charge is 0.292 e. The van der Waals surface area contributed by atoms with Crippen LogP contribution in [0.2, 0.25) is 0 Å². The lowest BCUT2D eigenvalue weighted by atomic mass is 9.79. The van der Waals surface area contributed by atoms with Gasteiger partial charge in [-0.05, 0) is 19.9 Å². The van der Waals surface area contributed by atoms with E-state index in [1.54, 1.807) is 7.05 Å². The topological polar surface area (TPSA) is 80.0 Å². The highest BCUT2D eigenvalue weighted by Crippen LogP contribution is 2.30. The molecule has 18 heavy (non-hydrogen) atoms. The third-order valence-electron chi connectivity index (χ3n) is 3.73. The fourth-order valence-corrected chi connectivity index (χ4v) is 2.56. The maximum atomic E-state index is 11.4. The maximum Gasteiger partial charge on any atom is 0.292 e. The molecule has 2 rings (SSSR count). The molecule has 1 heterocycles. The lowest BCUT2D eigenvalue weighted by Gasteiger charge is -2.36. The minimum Gasteiger partial charge on any atom is -0.352 e. The summed E-state index contributed by atoms with van der Waals surface area (Å²) in [5.41, 5.74) is 0.0464. The third kappa shape index (κ3) is 2.69. The zero-order chi connectivity index (χ0) is 13.0. The molecule has 1 aromatic rings. The second-order valence-electron chi connectivity index (χ2n) is 4.86. The first-order chi connectivity index (χ1) is 8.69. The van der Waals surface area contributed by atoms with Crippen LogP contribution < -0.4 is 10.6 Å². The molecule has 0 atom stereocenters. The molecule has 0 aliphatic heterocycles. The van der Waals surface area contributed by atoms with Crippen molar-refractivity contribution in [3.63, 3.8) is 0 Å². The zero-order valence-electron chi connectivity index (χ0n) is 11.0. The maximum absolute atomic E-state index is 11.4. The van der Waals surface area contributed by atoms with Crippen molar-refractivity contribution in [3.8, 4) is 0 Å². The summed E-state index contributed by atoms with van der Waals surface area (Å²) in [6.07, 6.45) is 6.64. The first-order valence-corrected chi connectivity index (χ1v) is 6.43. The van der Waals surface area contributed by atoms with Gasteiger partial charge < -0.3 is 15.2 Å². The van der Waals surface area contributed by atoms with Crippen molar-refractivity contribution in [3.05, 3.63) is 11.7 Å². The molecule has 1 fully saturated rings. The van der Waals surface area contributed by atoms with Crippen molar-refractivity contribution in [2.75, 3.05) is 14.1 Å². The van der Waals surface area contributed by atoms with Crippen molar-refractivity contribution >= 4 is 5.91 Å². The Kier molecular flexibility index (Phi) is 3.96. The van der Waals surface area contributed by atoms with Gasteiger partial charge in [-0.15, -0.1) is 0 Å². The van der Waals surface area contributed by atoms with Crippen LogP contribution in [-0.2, 0) is 6.42 Å². The van der Waals surface area contributed by atoms with Crippen LogP contribution in [-0.4, -0.2) is 35.7 Å². The third-order valence-corrected chi connectivity index (χ3v) is 3.73. The van der Waals surface area contributed by atoms with Gasteiger partial charge in [0.25, 0.3) is 11.7 Å². The Bertz CT molecular complexity index is 410. The summed E-state index contributed by atoms with van der Waals surface area (Å²) in [6, 6.07) is 0. The van der Waals surface area contributed by atoms with Crippen molar-refractivity contribution in [1.29, 1.82) is 0 Å². The minimum absolute atomic E-state index is 0.0464. The van der Waals surface area contributed by atoms with Gasteiger partial charge >= 0.3 is 0 Å². The highest BCUT2D eigenvalue weighted by Gasteiger charge is 2.32. The molecule has 0 radical (unpaired) electrons. The number of nitrogens with one attached hydrogen (secondary N) is 2. The summed E-state index contributed by atoms with van der Waals surface area (Å²) in [4.78, 5) is 15.5. The number of likely N-dealkylation sites (N-methyl/N-ethyl adjacent to an activating group) is 1. The quantitative estimate of drug-likeness (QED) is 0.832. The van der Waals surface area contributed by atoms with Gasteiger partial charge in [0.15, 0.2) is 0 Å². The fourth-order valence-electron chi connectivity index (χ4n) is 2.56. The average Bonchev–Trinajstić information content (AvgIpc) is 2.87. The lowest BCUT2D eigenvalue weighted by Crippen LogP contribution is -2.46. The van der Waals surface area contributed by atoms with E-state index in [-0.39, 0.29) is 17.3 Å². The first-order valence-electron chi connectivity index (χ1n) is 6.43. The van der Waals surface area contributed by atoms with E-state index >= 15 is 0 Å². The molecule has 6 nitrogen and oxygen atoms in total. The summed E-state index contributed by atoms with van der Waals surface area (Å²) in [6.45, 7) is 0. The van der Waals surface area contributed by atoms with E-state index < -0.39 is 0 Å². The van der Waals surface area contributed by atoms with E-state index in [1.165, 1.54) is 19.3 Å². The number of amides is 1. The van der Waals surface area contributed by atoms with E-state index in [0.717, 1.165) is 12.8 Å². The number of carbonyl (C=O) groups excluding carboxylic acids is 1. The van der Waals surface area contributed by atoms with Gasteiger partial charge in [0.1, 0.15) is 0 Å². The monoisotopic (exact) mass is 252 g/mol. The number of hydrogen-bond acceptors (Lipinski definition) is 5. The highest BCUT2D eigenvalue weighted by molar-refractivity contribution is 5.89. The van der Waals surface area contributed by atoms with Crippen LogP contribution in [0.5, 0.6) is 0 Å². The van der Waals surface area contributed by atoms with Crippen LogP contribution in [0.1, 0.15) is 48.6 Å². The van der Waals surface area contributed by atoms with Crippen molar-refractivity contribution in [2.24, 2.45) is 0 Å². The average molecular weight is 252 g/mol. The predicted molar refractivity (Wildman–Crippen MR) is 66.3 cm³/mol. The summed E-state index contributed by atoms with van der Waals surface area (Å²) in [7, 11) is 3.52. The molecule has 0 bridgehead atoms. The van der Waals surface area contributed by atoms with Crippen molar-refractivity contribution < 1.29 is 9.32 Å². The lowest BCUT2D eigenvalue weighted by molar-refractivity contribution is 0.0950. The summed E-state index contributed by atoms with van der Waals surface area (Å²) >= 11 is 0. The number of aromatic nitrogens is 2. The summed E-state index contributed by atoms with van der Waals surface area (Å²) < 4.78 is 5.16. The van der Waals surface area contributed by atoms with Gasteiger partial charge in [-0.2, -0.15) is 4.98 Å². The van der Waals surface area contributed by atoms with E-state index in [2.05, 4.69) is 20.8 Å². The zero-order valence-corrected chi connectivity index (χ0v) is 11.0. The molecule has 1 aliphatic rings. The van der Waals surface area contributed by atoms with Crippen LogP contribution in [0.4, 0.5) is 0 Å². The second kappa shape index (κ2) is 5.48. The molecule has 1 aliphatic carbocycles. The number of carbonyl (C=O) groups is 1. The van der Waals surface area contributed by atoms with Gasteiger partial charge in [0, 0.05) is 19.0 Å². The molecule has 6 heteroatoms. The molecule has 1 amide bonds. The Morgan fingerprint density at radius 3 is 2.67 bits per heavy atom. The molecule has 0 saturated heterocycles. The molecule has 0 spiro atoms. The molecule has 1 saturated carbocycles. The Morgan fingerprint density at radius 2 is 2.06 bits per heavy atom. The Balaban J connectivity index is 2.07. The SMILES string of the molecule is CNC(=O)c1noc(CC2(NC)CCCCC2)n1. The molecule has 2 N–H and O–H groups in total. The van der Waals surface area contributed by atoms with Gasteiger partial charge in [-0.25, -0.2) is 0 Å². The van der Waals surface area contributed by atoms with Gasteiger partial charge in [-0.1, -0.05) is 24.4 Å². The van der Waals surface area contributed by atoms with Crippen molar-refractivity contribution in [2.45, 2.75) is 44.1 Å². The van der Waals surface area contributed by atoms with Gasteiger partial charge in [-0.3, -0.25) is 4.79 Å². The standard InChI is InChI=1S/C12H20N4O2/c1-13-11(17)10-15-9(18-16-10)8-12(14-2)6-4-3-5-7-12/h14H,3-8H2,1-2H3,(H,13,17). The van der Waals surface area contributed by atoms with Crippen LogP contribution >= 0.6 is 0 Å². The normalized spacial score (nSPS) is 18.6. The number of hydrogen-bond donors (Lipinski definition) is 2. The number of nitrogens with zero attached hydrogens (tertiary/aromatic N) is 2. The second-order valence-corrected chi connectivity index (χ2v) is 4.86. The Morgan fingerprint density at radius 1 is 1.33 bits per heavy atom. The van der Waals surface area contributed by atoms with Gasteiger partial charge in [0.2, 0.25) is 5.89 Å². The van der Waals surface area contributed by atoms with Crippen LogP contribution in [0.15, 0.2) is 4.52 Å². The van der Waals surface area contributed by atoms with E-state index in [0.29, 0.717) is 12.3 Å². The number of rotatable bonds is 4. The Labute approximate surface area is 107 Å². The molecular weight excluding hydrogens is 232 g/mol. The molecule has 0 unspecified atom stereocenters. The fraction of sp³-hybridized carbons (Fsp3) is 0.750. The van der Waals surface area contributed by atoms with Crippen molar-refractivity contribution in [1.82, 2.24) is 20.8 Å². The van der Waals surface area contributed by atoms with E-state index in [9.17, 15) is 4.79 Å². The van der Waals surface area contributed by atoms with Crippen LogP contribution in [0.3, 0.4) is 0 Å². The van der Waals surface area contributed by atoms with Crippen LogP contribution in [0, 0.1) is 0 Å². The molecule has 100 valence electrons. The van der Waals surface area contributed by atoms with Gasteiger partial charge in [0.05, 0.1) is 0 Å².